The Morgan fingerprint density at radius 1 is 1.12 bits per heavy atom. The van der Waals surface area contributed by atoms with Crippen LogP contribution >= 0.6 is 11.6 Å². The molecule has 0 radical (unpaired) electrons. The molecule has 98 valence electrons. The van der Waals surface area contributed by atoms with Gasteiger partial charge in [0.25, 0.3) is 0 Å². The molecule has 0 atom stereocenters. The van der Waals surface area contributed by atoms with Crippen molar-refractivity contribution in [2.75, 3.05) is 12.4 Å². The summed E-state index contributed by atoms with van der Waals surface area (Å²) in [6.45, 7) is 5.30. The van der Waals surface area contributed by atoms with Gasteiger partial charge in [0.15, 0.2) is 0 Å². The Morgan fingerprint density at radius 2 is 1.71 bits per heavy atom. The normalized spacial score (nSPS) is 10.6. The largest absolute Gasteiger partial charge is 0.350 e. The summed E-state index contributed by atoms with van der Waals surface area (Å²) in [5, 5.41) is 6.98. The third-order valence-corrected chi connectivity index (χ3v) is 1.69. The van der Waals surface area contributed by atoms with Crippen LogP contribution in [0.4, 0.5) is 4.79 Å². The van der Waals surface area contributed by atoms with Crippen LogP contribution in [0.2, 0.25) is 0 Å². The summed E-state index contributed by atoms with van der Waals surface area (Å²) < 4.78 is 0. The van der Waals surface area contributed by atoms with Gasteiger partial charge in [0.05, 0.1) is 6.54 Å². The van der Waals surface area contributed by atoms with Gasteiger partial charge in [0, 0.05) is 17.8 Å². The first-order valence-corrected chi connectivity index (χ1v) is 5.72. The first kappa shape index (κ1) is 15.7. The number of carbonyl (C=O) groups is 3. The van der Waals surface area contributed by atoms with E-state index in [0.29, 0.717) is 0 Å². The van der Waals surface area contributed by atoms with E-state index in [-0.39, 0.29) is 30.3 Å². The summed E-state index contributed by atoms with van der Waals surface area (Å²) in [6, 6.07) is -0.704. The second-order valence-electron chi connectivity index (χ2n) is 4.47. The Balaban J connectivity index is 3.85. The Morgan fingerprint density at radius 3 is 2.18 bits per heavy atom. The molecule has 0 saturated carbocycles. The molecule has 6 nitrogen and oxygen atoms in total. The minimum absolute atomic E-state index is 0.0587. The van der Waals surface area contributed by atoms with Crippen molar-refractivity contribution in [3.63, 3.8) is 0 Å². The monoisotopic (exact) mass is 263 g/mol. The van der Waals surface area contributed by atoms with E-state index in [1.807, 2.05) is 26.1 Å². The van der Waals surface area contributed by atoms with Crippen LogP contribution in [0.3, 0.4) is 0 Å². The van der Waals surface area contributed by atoms with E-state index in [1.165, 1.54) is 0 Å². The molecule has 7 heteroatoms. The molecule has 4 amide bonds. The van der Waals surface area contributed by atoms with E-state index in [9.17, 15) is 14.4 Å². The van der Waals surface area contributed by atoms with Crippen LogP contribution in [0.1, 0.15) is 27.2 Å². The molecule has 0 aromatic rings. The molecule has 0 aliphatic carbocycles. The quantitative estimate of drug-likeness (QED) is 0.640. The maximum atomic E-state index is 11.3. The SMILES string of the molecule is CC(C)(C)NC(=O)CNC(=O)NC(=O)CCCl. The summed E-state index contributed by atoms with van der Waals surface area (Å²) in [7, 11) is 0. The summed E-state index contributed by atoms with van der Waals surface area (Å²) in [5.74, 6) is -0.657. The molecule has 0 aliphatic heterocycles. The number of hydrogen-bond acceptors (Lipinski definition) is 3. The molecule has 0 bridgehead atoms. The fraction of sp³-hybridized carbons (Fsp3) is 0.700. The Bertz CT molecular complexity index is 300. The fourth-order valence-electron chi connectivity index (χ4n) is 0.942. The van der Waals surface area contributed by atoms with Gasteiger partial charge >= 0.3 is 6.03 Å². The van der Waals surface area contributed by atoms with Crippen LogP contribution in [-0.2, 0) is 9.59 Å². The first-order chi connectivity index (χ1) is 7.74. The summed E-state index contributed by atoms with van der Waals surface area (Å²) in [6.07, 6.45) is 0.0587. The Kier molecular flexibility index (Phi) is 6.57. The number of alkyl halides is 1. The molecule has 0 aromatic heterocycles. The standard InChI is InChI=1S/C10H18ClN3O3/c1-10(2,3)14-8(16)6-12-9(17)13-7(15)4-5-11/h4-6H2,1-3H3,(H,14,16)(H2,12,13,15,17). The second kappa shape index (κ2) is 7.11. The predicted octanol–water partition coefficient (Wildman–Crippen LogP) is 0.356. The molecule has 0 aromatic carbocycles. The second-order valence-corrected chi connectivity index (χ2v) is 4.85. The molecule has 0 rings (SSSR count). The number of imide groups is 1. The minimum Gasteiger partial charge on any atom is -0.350 e. The number of urea groups is 1. The van der Waals surface area contributed by atoms with E-state index in [2.05, 4.69) is 10.6 Å². The van der Waals surface area contributed by atoms with Gasteiger partial charge in [-0.25, -0.2) is 4.79 Å². The van der Waals surface area contributed by atoms with E-state index in [4.69, 9.17) is 11.6 Å². The van der Waals surface area contributed by atoms with Crippen molar-refractivity contribution in [2.24, 2.45) is 0 Å². The summed E-state index contributed by atoms with van der Waals surface area (Å²) in [4.78, 5) is 33.4. The lowest BCUT2D eigenvalue weighted by atomic mass is 10.1. The van der Waals surface area contributed by atoms with Crippen LogP contribution < -0.4 is 16.0 Å². The van der Waals surface area contributed by atoms with E-state index in [0.717, 1.165) is 0 Å². The average Bonchev–Trinajstić information content (AvgIpc) is 2.12. The number of halogens is 1. The topological polar surface area (TPSA) is 87.3 Å². The molecule has 0 saturated heterocycles. The molecule has 0 unspecified atom stereocenters. The molecule has 0 aliphatic rings. The molecule has 17 heavy (non-hydrogen) atoms. The van der Waals surface area contributed by atoms with Crippen LogP contribution in [-0.4, -0.2) is 35.8 Å². The van der Waals surface area contributed by atoms with Crippen LogP contribution in [0.25, 0.3) is 0 Å². The number of carbonyl (C=O) groups excluding carboxylic acids is 3. The van der Waals surface area contributed by atoms with Crippen molar-refractivity contribution < 1.29 is 14.4 Å². The predicted molar refractivity (Wildman–Crippen MR) is 64.8 cm³/mol. The number of amides is 4. The number of hydrogen-bond donors (Lipinski definition) is 3. The van der Waals surface area contributed by atoms with Crippen molar-refractivity contribution in [1.29, 1.82) is 0 Å². The van der Waals surface area contributed by atoms with Crippen LogP contribution in [0, 0.1) is 0 Å². The lowest BCUT2D eigenvalue weighted by molar-refractivity contribution is -0.122. The van der Waals surface area contributed by atoms with Crippen molar-refractivity contribution in [3.05, 3.63) is 0 Å². The van der Waals surface area contributed by atoms with Gasteiger partial charge in [0.2, 0.25) is 11.8 Å². The Hall–Kier alpha value is -1.30. The minimum atomic E-state index is -0.704. The van der Waals surface area contributed by atoms with Gasteiger partial charge in [-0.15, -0.1) is 11.6 Å². The van der Waals surface area contributed by atoms with Gasteiger partial charge in [-0.3, -0.25) is 14.9 Å². The molecule has 0 heterocycles. The third-order valence-electron chi connectivity index (χ3n) is 1.50. The smallest absolute Gasteiger partial charge is 0.321 e. The first-order valence-electron chi connectivity index (χ1n) is 5.19. The van der Waals surface area contributed by atoms with E-state index in [1.54, 1.807) is 0 Å². The Labute approximate surface area is 105 Å². The van der Waals surface area contributed by atoms with Crippen molar-refractivity contribution >= 4 is 29.4 Å². The van der Waals surface area contributed by atoms with Gasteiger partial charge < -0.3 is 10.6 Å². The highest BCUT2D eigenvalue weighted by atomic mass is 35.5. The zero-order valence-electron chi connectivity index (χ0n) is 10.2. The highest BCUT2D eigenvalue weighted by Gasteiger charge is 2.14. The molecule has 0 fully saturated rings. The fourth-order valence-corrected chi connectivity index (χ4v) is 1.11. The van der Waals surface area contributed by atoms with E-state index < -0.39 is 11.9 Å². The van der Waals surface area contributed by atoms with Crippen LogP contribution in [0.5, 0.6) is 0 Å². The lowest BCUT2D eigenvalue weighted by Crippen LogP contribution is -2.48. The van der Waals surface area contributed by atoms with Crippen LogP contribution in [0.15, 0.2) is 0 Å². The molecule has 3 N–H and O–H groups in total. The van der Waals surface area contributed by atoms with Crippen molar-refractivity contribution in [2.45, 2.75) is 32.7 Å². The highest BCUT2D eigenvalue weighted by molar-refractivity contribution is 6.19. The third kappa shape index (κ3) is 9.62. The summed E-state index contributed by atoms with van der Waals surface area (Å²) >= 11 is 5.32. The zero-order chi connectivity index (χ0) is 13.5. The van der Waals surface area contributed by atoms with Crippen molar-refractivity contribution in [3.8, 4) is 0 Å². The number of rotatable bonds is 4. The van der Waals surface area contributed by atoms with Gasteiger partial charge in [-0.2, -0.15) is 0 Å². The van der Waals surface area contributed by atoms with Crippen molar-refractivity contribution in [1.82, 2.24) is 16.0 Å². The zero-order valence-corrected chi connectivity index (χ0v) is 11.0. The number of nitrogens with one attached hydrogen (secondary N) is 3. The van der Waals surface area contributed by atoms with Gasteiger partial charge in [0.1, 0.15) is 0 Å². The maximum Gasteiger partial charge on any atom is 0.321 e. The molecule has 0 spiro atoms. The average molecular weight is 264 g/mol. The highest BCUT2D eigenvalue weighted by Crippen LogP contribution is 1.96. The molecular formula is C10H18ClN3O3. The summed E-state index contributed by atoms with van der Waals surface area (Å²) in [5.41, 5.74) is -0.357. The molecular weight excluding hydrogens is 246 g/mol. The maximum absolute atomic E-state index is 11.3. The lowest BCUT2D eigenvalue weighted by Gasteiger charge is -2.20. The van der Waals surface area contributed by atoms with Gasteiger partial charge in [-0.05, 0) is 20.8 Å². The van der Waals surface area contributed by atoms with Gasteiger partial charge in [-0.1, -0.05) is 0 Å². The van der Waals surface area contributed by atoms with E-state index >= 15 is 0 Å².